The standard InChI is InChI=1S/C17H33N/c1-6-12-18-14(13-10-8-7-9-11-13)15-16(2,3)17(15,4)5/h13-15,18H,6-12H2,1-5H3. The molecule has 0 spiro atoms. The number of nitrogens with one attached hydrogen (secondary N) is 1. The highest BCUT2D eigenvalue weighted by Gasteiger charge is 2.67. The fraction of sp³-hybridized carbons (Fsp3) is 1.00. The van der Waals surface area contributed by atoms with Crippen LogP contribution in [0.15, 0.2) is 0 Å². The van der Waals surface area contributed by atoms with Crippen molar-refractivity contribution in [2.45, 2.75) is 79.2 Å². The van der Waals surface area contributed by atoms with Gasteiger partial charge in [-0.3, -0.25) is 0 Å². The van der Waals surface area contributed by atoms with E-state index in [1.54, 1.807) is 0 Å². The summed E-state index contributed by atoms with van der Waals surface area (Å²) in [7, 11) is 0. The van der Waals surface area contributed by atoms with Gasteiger partial charge in [-0.2, -0.15) is 0 Å². The highest BCUT2D eigenvalue weighted by molar-refractivity contribution is 5.17. The molecule has 1 heteroatoms. The van der Waals surface area contributed by atoms with Crippen molar-refractivity contribution in [3.8, 4) is 0 Å². The summed E-state index contributed by atoms with van der Waals surface area (Å²) in [4.78, 5) is 0. The summed E-state index contributed by atoms with van der Waals surface area (Å²) in [5, 5.41) is 3.91. The molecule has 106 valence electrons. The van der Waals surface area contributed by atoms with Crippen LogP contribution in [0.5, 0.6) is 0 Å². The predicted octanol–water partition coefficient (Wildman–Crippen LogP) is 4.62. The highest BCUT2D eigenvalue weighted by atomic mass is 15.0. The Balaban J connectivity index is 2.06. The monoisotopic (exact) mass is 251 g/mol. The molecular formula is C17H33N. The quantitative estimate of drug-likeness (QED) is 0.752. The van der Waals surface area contributed by atoms with Crippen molar-refractivity contribution in [2.24, 2.45) is 22.7 Å². The molecule has 1 N–H and O–H groups in total. The molecular weight excluding hydrogens is 218 g/mol. The fourth-order valence-electron chi connectivity index (χ4n) is 4.51. The van der Waals surface area contributed by atoms with Gasteiger partial charge >= 0.3 is 0 Å². The van der Waals surface area contributed by atoms with Gasteiger partial charge in [0.25, 0.3) is 0 Å². The van der Waals surface area contributed by atoms with E-state index in [9.17, 15) is 0 Å². The van der Waals surface area contributed by atoms with Crippen LogP contribution in [0.2, 0.25) is 0 Å². The minimum Gasteiger partial charge on any atom is -0.313 e. The smallest absolute Gasteiger partial charge is 0.0134 e. The first-order chi connectivity index (χ1) is 8.43. The van der Waals surface area contributed by atoms with E-state index in [4.69, 9.17) is 0 Å². The molecule has 0 aromatic carbocycles. The summed E-state index contributed by atoms with van der Waals surface area (Å²) < 4.78 is 0. The van der Waals surface area contributed by atoms with E-state index in [-0.39, 0.29) is 0 Å². The van der Waals surface area contributed by atoms with Crippen molar-refractivity contribution in [3.63, 3.8) is 0 Å². The first-order valence-electron chi connectivity index (χ1n) is 8.16. The molecule has 1 unspecified atom stereocenters. The second kappa shape index (κ2) is 5.15. The maximum Gasteiger partial charge on any atom is 0.0134 e. The van der Waals surface area contributed by atoms with Crippen LogP contribution < -0.4 is 5.32 Å². The average molecular weight is 251 g/mol. The molecule has 0 aromatic heterocycles. The normalized spacial score (nSPS) is 29.2. The predicted molar refractivity (Wildman–Crippen MR) is 79.7 cm³/mol. The molecule has 18 heavy (non-hydrogen) atoms. The largest absolute Gasteiger partial charge is 0.313 e. The molecule has 1 nitrogen and oxygen atoms in total. The summed E-state index contributed by atoms with van der Waals surface area (Å²) in [5.41, 5.74) is 1.05. The zero-order valence-corrected chi connectivity index (χ0v) is 13.2. The van der Waals surface area contributed by atoms with Gasteiger partial charge in [-0.25, -0.2) is 0 Å². The molecule has 2 fully saturated rings. The van der Waals surface area contributed by atoms with Crippen LogP contribution in [0.1, 0.15) is 73.1 Å². The highest BCUT2D eigenvalue weighted by Crippen LogP contribution is 2.70. The van der Waals surface area contributed by atoms with E-state index in [0.717, 1.165) is 17.9 Å². The van der Waals surface area contributed by atoms with Crippen LogP contribution in [-0.2, 0) is 0 Å². The molecule has 0 bridgehead atoms. The Labute approximate surface area is 114 Å². The van der Waals surface area contributed by atoms with Crippen molar-refractivity contribution in [1.82, 2.24) is 5.32 Å². The van der Waals surface area contributed by atoms with Crippen molar-refractivity contribution < 1.29 is 0 Å². The third-order valence-corrected chi connectivity index (χ3v) is 6.28. The summed E-state index contributed by atoms with van der Waals surface area (Å²) >= 11 is 0. The average Bonchev–Trinajstić information content (AvgIpc) is 2.74. The number of hydrogen-bond donors (Lipinski definition) is 1. The molecule has 0 radical (unpaired) electrons. The minimum atomic E-state index is 0.524. The summed E-state index contributed by atoms with van der Waals surface area (Å²) in [6.45, 7) is 13.4. The van der Waals surface area contributed by atoms with E-state index in [2.05, 4.69) is 39.9 Å². The Morgan fingerprint density at radius 3 is 2.00 bits per heavy atom. The Bertz CT molecular complexity index is 259. The van der Waals surface area contributed by atoms with Crippen LogP contribution in [0.4, 0.5) is 0 Å². The lowest BCUT2D eigenvalue weighted by atomic mass is 9.80. The summed E-state index contributed by atoms with van der Waals surface area (Å²) in [5.74, 6) is 1.82. The Morgan fingerprint density at radius 1 is 1.00 bits per heavy atom. The van der Waals surface area contributed by atoms with E-state index in [1.165, 1.54) is 45.1 Å². The van der Waals surface area contributed by atoms with Gasteiger partial charge in [0, 0.05) is 6.04 Å². The molecule has 0 heterocycles. The molecule has 2 rings (SSSR count). The molecule has 0 saturated heterocycles. The van der Waals surface area contributed by atoms with Crippen molar-refractivity contribution in [1.29, 1.82) is 0 Å². The second-order valence-corrected chi connectivity index (χ2v) is 7.80. The Kier molecular flexibility index (Phi) is 4.11. The van der Waals surface area contributed by atoms with Crippen LogP contribution in [0.25, 0.3) is 0 Å². The third-order valence-electron chi connectivity index (χ3n) is 6.28. The molecule has 0 aromatic rings. The zero-order chi connectivity index (χ0) is 13.4. The SMILES string of the molecule is CCCNC(C1CCCCC1)C1C(C)(C)C1(C)C. The van der Waals surface area contributed by atoms with E-state index >= 15 is 0 Å². The maximum atomic E-state index is 3.91. The van der Waals surface area contributed by atoms with Crippen molar-refractivity contribution >= 4 is 0 Å². The third kappa shape index (κ3) is 2.35. The Morgan fingerprint density at radius 2 is 1.56 bits per heavy atom. The van der Waals surface area contributed by atoms with Crippen molar-refractivity contribution in [2.75, 3.05) is 6.54 Å². The maximum absolute atomic E-state index is 3.91. The van der Waals surface area contributed by atoms with Crippen LogP contribution >= 0.6 is 0 Å². The van der Waals surface area contributed by atoms with Gasteiger partial charge in [0.15, 0.2) is 0 Å². The van der Waals surface area contributed by atoms with E-state index in [1.807, 2.05) is 0 Å². The van der Waals surface area contributed by atoms with Gasteiger partial charge in [0.05, 0.1) is 0 Å². The topological polar surface area (TPSA) is 12.0 Å². The van der Waals surface area contributed by atoms with E-state index < -0.39 is 0 Å². The molecule has 0 amide bonds. The van der Waals surface area contributed by atoms with Crippen LogP contribution in [0, 0.1) is 22.7 Å². The minimum absolute atomic E-state index is 0.524. The van der Waals surface area contributed by atoms with Gasteiger partial charge < -0.3 is 5.32 Å². The number of hydrogen-bond acceptors (Lipinski definition) is 1. The Hall–Kier alpha value is -0.0400. The number of rotatable bonds is 5. The lowest BCUT2D eigenvalue weighted by Gasteiger charge is -2.33. The van der Waals surface area contributed by atoms with Gasteiger partial charge in [-0.05, 0) is 48.5 Å². The van der Waals surface area contributed by atoms with Gasteiger partial charge in [-0.1, -0.05) is 53.9 Å². The molecule has 2 aliphatic carbocycles. The van der Waals surface area contributed by atoms with Gasteiger partial charge in [-0.15, -0.1) is 0 Å². The summed E-state index contributed by atoms with van der Waals surface area (Å²) in [6.07, 6.45) is 8.57. The second-order valence-electron chi connectivity index (χ2n) is 7.80. The van der Waals surface area contributed by atoms with Crippen molar-refractivity contribution in [3.05, 3.63) is 0 Å². The van der Waals surface area contributed by atoms with Crippen LogP contribution in [-0.4, -0.2) is 12.6 Å². The van der Waals surface area contributed by atoms with Gasteiger partial charge in [0.2, 0.25) is 0 Å². The summed E-state index contributed by atoms with van der Waals surface area (Å²) in [6, 6.07) is 0.773. The molecule has 2 saturated carbocycles. The lowest BCUT2D eigenvalue weighted by molar-refractivity contribution is 0.226. The molecule has 2 aliphatic rings. The molecule has 1 atom stereocenters. The zero-order valence-electron chi connectivity index (χ0n) is 13.2. The van der Waals surface area contributed by atoms with E-state index in [0.29, 0.717) is 10.8 Å². The molecule has 0 aliphatic heterocycles. The fourth-order valence-corrected chi connectivity index (χ4v) is 4.51. The first kappa shape index (κ1) is 14.4. The van der Waals surface area contributed by atoms with Crippen LogP contribution in [0.3, 0.4) is 0 Å². The van der Waals surface area contributed by atoms with Gasteiger partial charge in [0.1, 0.15) is 0 Å². The lowest BCUT2D eigenvalue weighted by Crippen LogP contribution is -2.41. The first-order valence-corrected chi connectivity index (χ1v) is 8.16.